The fourth-order valence-corrected chi connectivity index (χ4v) is 4.71. The van der Waals surface area contributed by atoms with Gasteiger partial charge in [-0.2, -0.15) is 0 Å². The lowest BCUT2D eigenvalue weighted by molar-refractivity contribution is -0.126. The zero-order chi connectivity index (χ0) is 16.9. The minimum atomic E-state index is -3.11. The summed E-state index contributed by atoms with van der Waals surface area (Å²) >= 11 is 0. The van der Waals surface area contributed by atoms with Crippen LogP contribution in [0, 0.1) is 11.8 Å². The van der Waals surface area contributed by atoms with E-state index in [-0.39, 0.29) is 17.6 Å². The summed E-state index contributed by atoms with van der Waals surface area (Å²) in [5.74, 6) is 0.754. The van der Waals surface area contributed by atoms with E-state index in [0.29, 0.717) is 31.8 Å². The van der Waals surface area contributed by atoms with Crippen LogP contribution in [-0.4, -0.2) is 68.6 Å². The number of nitrogens with zero attached hydrogens (tertiary/aromatic N) is 2. The minimum absolute atomic E-state index is 0.0378. The van der Waals surface area contributed by atoms with E-state index >= 15 is 0 Å². The van der Waals surface area contributed by atoms with Gasteiger partial charge in [0.05, 0.1) is 5.75 Å². The Morgan fingerprint density at radius 3 is 2.43 bits per heavy atom. The fourth-order valence-electron chi connectivity index (χ4n) is 3.57. The molecule has 2 fully saturated rings. The molecule has 7 heteroatoms. The van der Waals surface area contributed by atoms with Crippen molar-refractivity contribution in [3.63, 3.8) is 0 Å². The molecule has 1 N–H and O–H groups in total. The molecule has 2 aliphatic heterocycles. The summed E-state index contributed by atoms with van der Waals surface area (Å²) in [4.78, 5) is 14.8. The second-order valence-electron chi connectivity index (χ2n) is 6.72. The number of hydrogen-bond donors (Lipinski definition) is 1. The highest BCUT2D eigenvalue weighted by Crippen LogP contribution is 2.21. The summed E-state index contributed by atoms with van der Waals surface area (Å²) in [5, 5.41) is 3.10. The second kappa shape index (κ2) is 8.44. The van der Waals surface area contributed by atoms with Crippen LogP contribution in [0.4, 0.5) is 0 Å². The molecule has 0 spiro atoms. The predicted octanol–water partition coefficient (Wildman–Crippen LogP) is 0.896. The van der Waals surface area contributed by atoms with Crippen LogP contribution in [0.15, 0.2) is 0 Å². The summed E-state index contributed by atoms with van der Waals surface area (Å²) in [7, 11) is -3.11. The molecule has 0 aromatic rings. The first-order valence-electron chi connectivity index (χ1n) is 8.94. The molecule has 0 radical (unpaired) electrons. The van der Waals surface area contributed by atoms with Gasteiger partial charge in [-0.3, -0.25) is 4.79 Å². The Bertz CT molecular complexity index is 487. The molecule has 134 valence electrons. The number of likely N-dealkylation sites (tertiary alicyclic amines) is 1. The van der Waals surface area contributed by atoms with Gasteiger partial charge in [-0.25, -0.2) is 12.7 Å². The van der Waals surface area contributed by atoms with Crippen molar-refractivity contribution >= 4 is 15.9 Å². The molecule has 0 bridgehead atoms. The maximum absolute atomic E-state index is 12.3. The maximum Gasteiger partial charge on any atom is 0.223 e. The fraction of sp³-hybridized carbons (Fsp3) is 0.938. The van der Waals surface area contributed by atoms with E-state index in [1.165, 1.54) is 23.7 Å². The van der Waals surface area contributed by atoms with Crippen LogP contribution in [0.25, 0.3) is 0 Å². The van der Waals surface area contributed by atoms with Crippen LogP contribution in [0.1, 0.15) is 39.5 Å². The molecule has 1 amide bonds. The van der Waals surface area contributed by atoms with Crippen molar-refractivity contribution in [3.05, 3.63) is 0 Å². The number of nitrogens with one attached hydrogen (secondary N) is 1. The lowest BCUT2D eigenvalue weighted by Crippen LogP contribution is -2.45. The molecule has 0 aromatic carbocycles. The zero-order valence-corrected chi connectivity index (χ0v) is 15.3. The van der Waals surface area contributed by atoms with Crippen molar-refractivity contribution in [2.45, 2.75) is 39.5 Å². The van der Waals surface area contributed by atoms with Crippen LogP contribution in [0.5, 0.6) is 0 Å². The van der Waals surface area contributed by atoms with E-state index in [9.17, 15) is 13.2 Å². The van der Waals surface area contributed by atoms with E-state index in [4.69, 9.17) is 0 Å². The molecule has 0 unspecified atom stereocenters. The van der Waals surface area contributed by atoms with Gasteiger partial charge in [0.25, 0.3) is 0 Å². The molecule has 1 atom stereocenters. The van der Waals surface area contributed by atoms with Crippen molar-refractivity contribution in [2.24, 2.45) is 11.8 Å². The lowest BCUT2D eigenvalue weighted by atomic mass is 9.95. The standard InChI is InChI=1S/C16H31N3O3S/c1-3-18-9-5-6-14(13-18)12-17-16(20)15-7-10-19(11-8-15)23(21,22)4-2/h14-15H,3-13H2,1-2H3,(H,17,20)/t14-/m0/s1. The normalized spacial score (nSPS) is 25.4. The number of hydrogen-bond acceptors (Lipinski definition) is 4. The average Bonchev–Trinajstić information content (AvgIpc) is 2.60. The van der Waals surface area contributed by atoms with Crippen LogP contribution < -0.4 is 5.32 Å². The maximum atomic E-state index is 12.3. The van der Waals surface area contributed by atoms with Gasteiger partial charge < -0.3 is 10.2 Å². The van der Waals surface area contributed by atoms with Gasteiger partial charge in [0.15, 0.2) is 0 Å². The van der Waals surface area contributed by atoms with Crippen LogP contribution in [0.2, 0.25) is 0 Å². The molecular weight excluding hydrogens is 314 g/mol. The van der Waals surface area contributed by atoms with Crippen molar-refractivity contribution in [1.82, 2.24) is 14.5 Å². The number of carbonyl (C=O) groups excluding carboxylic acids is 1. The molecule has 23 heavy (non-hydrogen) atoms. The highest BCUT2D eigenvalue weighted by Gasteiger charge is 2.30. The van der Waals surface area contributed by atoms with Crippen molar-refractivity contribution in [1.29, 1.82) is 0 Å². The molecule has 2 heterocycles. The van der Waals surface area contributed by atoms with Crippen LogP contribution in [-0.2, 0) is 14.8 Å². The first kappa shape index (κ1) is 18.7. The van der Waals surface area contributed by atoms with Crippen molar-refractivity contribution in [2.75, 3.05) is 45.0 Å². The van der Waals surface area contributed by atoms with E-state index in [0.717, 1.165) is 19.6 Å². The molecule has 6 nitrogen and oxygen atoms in total. The highest BCUT2D eigenvalue weighted by molar-refractivity contribution is 7.89. The van der Waals surface area contributed by atoms with Gasteiger partial charge in [-0.1, -0.05) is 6.92 Å². The quantitative estimate of drug-likeness (QED) is 0.776. The summed E-state index contributed by atoms with van der Waals surface area (Å²) in [5.41, 5.74) is 0. The number of amides is 1. The lowest BCUT2D eigenvalue weighted by Gasteiger charge is -2.33. The van der Waals surface area contributed by atoms with Gasteiger partial charge >= 0.3 is 0 Å². The Labute approximate surface area is 140 Å². The highest BCUT2D eigenvalue weighted by atomic mass is 32.2. The van der Waals surface area contributed by atoms with Gasteiger partial charge in [-0.15, -0.1) is 0 Å². The van der Waals surface area contributed by atoms with Gasteiger partial charge in [0, 0.05) is 32.1 Å². The number of rotatable bonds is 6. The van der Waals surface area contributed by atoms with Crippen molar-refractivity contribution < 1.29 is 13.2 Å². The molecule has 2 saturated heterocycles. The van der Waals surface area contributed by atoms with E-state index in [1.54, 1.807) is 6.92 Å². The molecule has 0 aromatic heterocycles. The van der Waals surface area contributed by atoms with Gasteiger partial charge in [0.2, 0.25) is 15.9 Å². The number of sulfonamides is 1. The second-order valence-corrected chi connectivity index (χ2v) is 8.98. The average molecular weight is 346 g/mol. The Morgan fingerprint density at radius 2 is 1.83 bits per heavy atom. The van der Waals surface area contributed by atoms with E-state index < -0.39 is 10.0 Å². The first-order chi connectivity index (χ1) is 11.0. The summed E-state index contributed by atoms with van der Waals surface area (Å²) in [6.45, 7) is 8.87. The largest absolute Gasteiger partial charge is 0.356 e. The number of carbonyl (C=O) groups is 1. The smallest absolute Gasteiger partial charge is 0.223 e. The Morgan fingerprint density at radius 1 is 1.13 bits per heavy atom. The Balaban J connectivity index is 1.73. The Kier molecular flexibility index (Phi) is 6.85. The molecule has 0 aliphatic carbocycles. The Hall–Kier alpha value is -0.660. The molecular formula is C16H31N3O3S. The number of piperidine rings is 2. The van der Waals surface area contributed by atoms with Crippen LogP contribution >= 0.6 is 0 Å². The van der Waals surface area contributed by atoms with Crippen LogP contribution in [0.3, 0.4) is 0 Å². The summed E-state index contributed by atoms with van der Waals surface area (Å²) in [6, 6.07) is 0. The zero-order valence-electron chi connectivity index (χ0n) is 14.5. The summed E-state index contributed by atoms with van der Waals surface area (Å²) in [6.07, 6.45) is 3.67. The van der Waals surface area contributed by atoms with Crippen molar-refractivity contribution in [3.8, 4) is 0 Å². The molecule has 2 rings (SSSR count). The summed E-state index contributed by atoms with van der Waals surface area (Å²) < 4.78 is 25.2. The van der Waals surface area contributed by atoms with E-state index in [1.807, 2.05) is 0 Å². The third-order valence-corrected chi connectivity index (χ3v) is 7.08. The topological polar surface area (TPSA) is 69.7 Å². The van der Waals surface area contributed by atoms with Gasteiger partial charge in [-0.05, 0) is 51.6 Å². The third kappa shape index (κ3) is 5.16. The van der Waals surface area contributed by atoms with Gasteiger partial charge in [0.1, 0.15) is 0 Å². The van der Waals surface area contributed by atoms with E-state index in [2.05, 4.69) is 17.1 Å². The SMILES string of the molecule is CCN1CCC[C@@H](CNC(=O)C2CCN(S(=O)(=O)CC)CC2)C1. The monoisotopic (exact) mass is 345 g/mol. The molecule has 0 saturated carbocycles. The first-order valence-corrected chi connectivity index (χ1v) is 10.5. The molecule has 2 aliphatic rings. The predicted molar refractivity (Wildman–Crippen MR) is 91.6 cm³/mol. The third-order valence-electron chi connectivity index (χ3n) is 5.20. The minimum Gasteiger partial charge on any atom is -0.356 e.